The van der Waals surface area contributed by atoms with Gasteiger partial charge < -0.3 is 25.2 Å². The van der Waals surface area contributed by atoms with Crippen LogP contribution < -0.4 is 0 Å². The molecule has 1 aliphatic heterocycles. The van der Waals surface area contributed by atoms with Crippen molar-refractivity contribution in [3.05, 3.63) is 0 Å². The Morgan fingerprint density at radius 1 is 1.00 bits per heavy atom. The maximum atomic E-state index is 12.0. The molecule has 4 N–H and O–H groups in total. The quantitative estimate of drug-likeness (QED) is 0.368. The molecule has 1 fully saturated rings. The lowest BCUT2D eigenvalue weighted by molar-refractivity contribution is -0.283. The first kappa shape index (κ1) is 9.82. The first-order valence-corrected chi connectivity index (χ1v) is 3.51. The molecule has 0 spiro atoms. The molecule has 0 bridgehead atoms. The van der Waals surface area contributed by atoms with Gasteiger partial charge in [0.25, 0.3) is 0 Å². The number of hydrogen-bond acceptors (Lipinski definition) is 5. The van der Waals surface area contributed by atoms with Crippen LogP contribution in [-0.4, -0.2) is 57.8 Å². The molecule has 1 saturated heterocycles. The van der Waals surface area contributed by atoms with Crippen LogP contribution in [0, 0.1) is 0 Å². The monoisotopic (exact) mass is 182 g/mol. The standard InChI is InChI=1S/C6H11FO5/c7-1-2-3(8)4(9)5(10)6(11)12-2/h2-6,8-11H,1H2/t2-,3+,4+,5-,6?/m0/s1. The molecule has 5 nitrogen and oxygen atoms in total. The van der Waals surface area contributed by atoms with Crippen LogP contribution in [0.5, 0.6) is 0 Å². The van der Waals surface area contributed by atoms with E-state index in [-0.39, 0.29) is 0 Å². The Hall–Kier alpha value is -0.270. The summed E-state index contributed by atoms with van der Waals surface area (Å²) in [5.41, 5.74) is 0. The van der Waals surface area contributed by atoms with E-state index in [1.165, 1.54) is 0 Å². The lowest BCUT2D eigenvalue weighted by atomic mass is 10.00. The SMILES string of the molecule is OC1O[C@@H](CF)[C@@H](O)[C@@H](O)[C@@H]1O. The maximum Gasteiger partial charge on any atom is 0.184 e. The molecule has 0 aromatic rings. The van der Waals surface area contributed by atoms with Crippen LogP contribution in [-0.2, 0) is 4.74 Å². The molecule has 0 amide bonds. The van der Waals surface area contributed by atoms with E-state index in [0.29, 0.717) is 0 Å². The van der Waals surface area contributed by atoms with Crippen molar-refractivity contribution in [2.24, 2.45) is 0 Å². The second-order valence-corrected chi connectivity index (χ2v) is 2.69. The van der Waals surface area contributed by atoms with Crippen molar-refractivity contribution >= 4 is 0 Å². The molecule has 1 aliphatic rings. The molecule has 1 unspecified atom stereocenters. The lowest BCUT2D eigenvalue weighted by Crippen LogP contribution is -2.58. The number of halogens is 1. The molecule has 0 saturated carbocycles. The largest absolute Gasteiger partial charge is 0.387 e. The highest BCUT2D eigenvalue weighted by atomic mass is 19.1. The van der Waals surface area contributed by atoms with Crippen LogP contribution in [0.15, 0.2) is 0 Å². The second kappa shape index (κ2) is 3.63. The van der Waals surface area contributed by atoms with E-state index in [4.69, 9.17) is 20.4 Å². The Morgan fingerprint density at radius 3 is 2.08 bits per heavy atom. The van der Waals surface area contributed by atoms with Gasteiger partial charge in [0.05, 0.1) is 0 Å². The number of rotatable bonds is 1. The molecule has 72 valence electrons. The number of ether oxygens (including phenoxy) is 1. The van der Waals surface area contributed by atoms with Gasteiger partial charge >= 0.3 is 0 Å². The molecule has 1 rings (SSSR count). The van der Waals surface area contributed by atoms with Gasteiger partial charge in [0.1, 0.15) is 31.1 Å². The summed E-state index contributed by atoms with van der Waals surface area (Å²) >= 11 is 0. The van der Waals surface area contributed by atoms with Gasteiger partial charge in [-0.05, 0) is 0 Å². The van der Waals surface area contributed by atoms with Crippen LogP contribution in [0.25, 0.3) is 0 Å². The molecule has 12 heavy (non-hydrogen) atoms. The summed E-state index contributed by atoms with van der Waals surface area (Å²) in [6, 6.07) is 0. The predicted octanol–water partition coefficient (Wildman–Crippen LogP) is -2.24. The summed E-state index contributed by atoms with van der Waals surface area (Å²) in [5, 5.41) is 35.8. The van der Waals surface area contributed by atoms with E-state index < -0.39 is 37.4 Å². The normalized spacial score (nSPS) is 49.2. The Balaban J connectivity index is 2.63. The lowest BCUT2D eigenvalue weighted by Gasteiger charge is -2.37. The third-order valence-electron chi connectivity index (χ3n) is 1.84. The Bertz CT molecular complexity index is 150. The zero-order chi connectivity index (χ0) is 9.30. The summed E-state index contributed by atoms with van der Waals surface area (Å²) in [6.45, 7) is -1.03. The van der Waals surface area contributed by atoms with Crippen LogP contribution in [0.3, 0.4) is 0 Å². The molecule has 0 aromatic carbocycles. The van der Waals surface area contributed by atoms with E-state index in [1.807, 2.05) is 0 Å². The minimum absolute atomic E-state index is 1.03. The minimum atomic E-state index is -1.65. The Morgan fingerprint density at radius 2 is 1.58 bits per heavy atom. The first-order valence-electron chi connectivity index (χ1n) is 3.51. The molecular weight excluding hydrogens is 171 g/mol. The van der Waals surface area contributed by atoms with Crippen LogP contribution in [0.1, 0.15) is 0 Å². The van der Waals surface area contributed by atoms with Gasteiger partial charge in [0.2, 0.25) is 0 Å². The molecule has 5 atom stereocenters. The average molecular weight is 182 g/mol. The first-order chi connectivity index (χ1) is 5.57. The van der Waals surface area contributed by atoms with Crippen LogP contribution >= 0.6 is 0 Å². The van der Waals surface area contributed by atoms with Crippen LogP contribution in [0.4, 0.5) is 4.39 Å². The van der Waals surface area contributed by atoms with Gasteiger partial charge in [-0.2, -0.15) is 0 Å². The van der Waals surface area contributed by atoms with Crippen molar-refractivity contribution in [1.29, 1.82) is 0 Å². The smallest absolute Gasteiger partial charge is 0.184 e. The van der Waals surface area contributed by atoms with Crippen molar-refractivity contribution in [3.8, 4) is 0 Å². The van der Waals surface area contributed by atoms with E-state index in [2.05, 4.69) is 4.74 Å². The third-order valence-corrected chi connectivity index (χ3v) is 1.84. The van der Waals surface area contributed by atoms with Gasteiger partial charge in [0, 0.05) is 0 Å². The van der Waals surface area contributed by atoms with Crippen molar-refractivity contribution in [2.75, 3.05) is 6.67 Å². The predicted molar refractivity (Wildman–Crippen MR) is 34.9 cm³/mol. The van der Waals surface area contributed by atoms with Gasteiger partial charge in [0.15, 0.2) is 6.29 Å². The number of hydrogen-bond donors (Lipinski definition) is 4. The van der Waals surface area contributed by atoms with E-state index in [0.717, 1.165) is 0 Å². The van der Waals surface area contributed by atoms with E-state index in [9.17, 15) is 4.39 Å². The average Bonchev–Trinajstić information content (AvgIpc) is 2.08. The molecule has 0 aromatic heterocycles. The highest BCUT2D eigenvalue weighted by Gasteiger charge is 2.42. The van der Waals surface area contributed by atoms with Crippen molar-refractivity contribution in [3.63, 3.8) is 0 Å². The zero-order valence-electron chi connectivity index (χ0n) is 6.17. The fourth-order valence-corrected chi connectivity index (χ4v) is 1.06. The molecule has 0 aliphatic carbocycles. The molecule has 0 radical (unpaired) electrons. The van der Waals surface area contributed by atoms with Crippen molar-refractivity contribution in [1.82, 2.24) is 0 Å². The summed E-state index contributed by atoms with van der Waals surface area (Å²) in [5.74, 6) is 0. The van der Waals surface area contributed by atoms with Gasteiger partial charge in [-0.1, -0.05) is 0 Å². The Kier molecular flexibility index (Phi) is 2.97. The fraction of sp³-hybridized carbons (Fsp3) is 1.00. The van der Waals surface area contributed by atoms with E-state index >= 15 is 0 Å². The van der Waals surface area contributed by atoms with Gasteiger partial charge in [-0.25, -0.2) is 4.39 Å². The highest BCUT2D eigenvalue weighted by Crippen LogP contribution is 2.19. The second-order valence-electron chi connectivity index (χ2n) is 2.69. The van der Waals surface area contributed by atoms with Crippen molar-refractivity contribution < 1.29 is 29.6 Å². The van der Waals surface area contributed by atoms with Gasteiger partial charge in [-0.3, -0.25) is 0 Å². The Labute approximate surface area is 68.0 Å². The topological polar surface area (TPSA) is 90.2 Å². The number of aliphatic hydroxyl groups excluding tert-OH is 4. The maximum absolute atomic E-state index is 12.0. The molecular formula is C6H11FO5. The summed E-state index contributed by atoms with van der Waals surface area (Å²) in [4.78, 5) is 0. The fourth-order valence-electron chi connectivity index (χ4n) is 1.06. The molecule has 1 heterocycles. The summed E-state index contributed by atoms with van der Waals surface area (Å²) < 4.78 is 16.5. The van der Waals surface area contributed by atoms with Crippen LogP contribution in [0.2, 0.25) is 0 Å². The number of alkyl halides is 1. The van der Waals surface area contributed by atoms with Crippen molar-refractivity contribution in [2.45, 2.75) is 30.7 Å². The summed E-state index contributed by atoms with van der Waals surface area (Å²) in [6.07, 6.45) is -7.60. The van der Waals surface area contributed by atoms with E-state index in [1.54, 1.807) is 0 Å². The molecule has 6 heteroatoms. The highest BCUT2D eigenvalue weighted by molar-refractivity contribution is 4.88. The zero-order valence-corrected chi connectivity index (χ0v) is 6.17. The third kappa shape index (κ3) is 1.57. The number of aliphatic hydroxyl groups is 4. The van der Waals surface area contributed by atoms with Gasteiger partial charge in [-0.15, -0.1) is 0 Å². The minimum Gasteiger partial charge on any atom is -0.387 e. The summed E-state index contributed by atoms with van der Waals surface area (Å²) in [7, 11) is 0.